The second-order valence-electron chi connectivity index (χ2n) is 6.43. The van der Waals surface area contributed by atoms with Crippen LogP contribution in [0.25, 0.3) is 10.2 Å². The molecule has 3 rings (SSSR count). The van der Waals surface area contributed by atoms with Gasteiger partial charge in [-0.05, 0) is 30.3 Å². The summed E-state index contributed by atoms with van der Waals surface area (Å²) in [6.45, 7) is 1.37. The van der Waals surface area contributed by atoms with Crippen molar-refractivity contribution < 1.29 is 19.2 Å². The zero-order valence-electron chi connectivity index (χ0n) is 15.8. The largest absolute Gasteiger partial charge is 0.497 e. The molecule has 0 unspecified atom stereocenters. The van der Waals surface area contributed by atoms with Crippen LogP contribution in [0.3, 0.4) is 0 Å². The van der Waals surface area contributed by atoms with Crippen LogP contribution in [0.5, 0.6) is 11.5 Å². The van der Waals surface area contributed by atoms with Gasteiger partial charge >= 0.3 is 0 Å². The zero-order valence-corrected chi connectivity index (χ0v) is 16.6. The maximum absolute atomic E-state index is 12.9. The molecule has 1 heterocycles. The van der Waals surface area contributed by atoms with Gasteiger partial charge in [0.1, 0.15) is 11.5 Å². The summed E-state index contributed by atoms with van der Waals surface area (Å²) in [6.07, 6.45) is 0. The predicted octanol–water partition coefficient (Wildman–Crippen LogP) is 1.86. The first-order valence-electron chi connectivity index (χ1n) is 8.78. The number of ether oxygens (including phenoxy) is 2. The third-order valence-corrected chi connectivity index (χ3v) is 5.10. The molecule has 1 N–H and O–H groups in total. The first-order valence-corrected chi connectivity index (χ1v) is 9.60. The van der Waals surface area contributed by atoms with Gasteiger partial charge < -0.3 is 14.4 Å². The molecule has 0 fully saturated rings. The molecule has 0 aliphatic rings. The Hall–Kier alpha value is -2.64. The number of hydrogen-bond acceptors (Lipinski definition) is 5. The van der Waals surface area contributed by atoms with Crippen molar-refractivity contribution in [1.82, 2.24) is 4.98 Å². The van der Waals surface area contributed by atoms with Gasteiger partial charge in [0.15, 0.2) is 11.7 Å². The maximum Gasteiger partial charge on any atom is 0.266 e. The van der Waals surface area contributed by atoms with Crippen molar-refractivity contribution in [2.75, 3.05) is 45.8 Å². The fraction of sp³-hybridized carbons (Fsp3) is 0.300. The maximum atomic E-state index is 12.9. The lowest BCUT2D eigenvalue weighted by Gasteiger charge is -2.20. The fourth-order valence-electron chi connectivity index (χ4n) is 2.54. The highest BCUT2D eigenvalue weighted by atomic mass is 32.1. The van der Waals surface area contributed by atoms with Crippen molar-refractivity contribution in [2.24, 2.45) is 0 Å². The first kappa shape index (κ1) is 19.1. The van der Waals surface area contributed by atoms with Crippen molar-refractivity contribution in [3.8, 4) is 11.5 Å². The lowest BCUT2D eigenvalue weighted by Crippen LogP contribution is -3.06. The smallest absolute Gasteiger partial charge is 0.266 e. The summed E-state index contributed by atoms with van der Waals surface area (Å²) in [4.78, 5) is 20.5. The Kier molecular flexibility index (Phi) is 6.26. The van der Waals surface area contributed by atoms with Crippen LogP contribution in [0.2, 0.25) is 0 Å². The number of amides is 1. The summed E-state index contributed by atoms with van der Waals surface area (Å²) in [5, 5.41) is 0.682. The lowest BCUT2D eigenvalue weighted by molar-refractivity contribution is -0.856. The summed E-state index contributed by atoms with van der Waals surface area (Å²) in [7, 11) is 5.76. The van der Waals surface area contributed by atoms with Gasteiger partial charge in [0.25, 0.3) is 5.91 Å². The number of thiazole rings is 1. The van der Waals surface area contributed by atoms with E-state index in [-0.39, 0.29) is 12.5 Å². The number of benzene rings is 2. The standard InChI is InChI=1S/C20H23N3O3S/c1-22(2)11-12-23(19(24)14-26-15-7-5-4-6-8-15)20-21-17-10-9-16(25-3)13-18(17)27-20/h4-10,13H,11-12,14H2,1-3H3/p+1. The Morgan fingerprint density at radius 3 is 2.63 bits per heavy atom. The molecule has 7 heteroatoms. The number of anilines is 1. The number of carbonyl (C=O) groups is 1. The van der Waals surface area contributed by atoms with E-state index in [4.69, 9.17) is 9.47 Å². The number of hydrogen-bond donors (Lipinski definition) is 1. The molecule has 27 heavy (non-hydrogen) atoms. The summed E-state index contributed by atoms with van der Waals surface area (Å²) in [5.74, 6) is 1.35. The molecule has 2 aromatic carbocycles. The van der Waals surface area contributed by atoms with Gasteiger partial charge in [0.2, 0.25) is 0 Å². The van der Waals surface area contributed by atoms with Gasteiger partial charge in [0, 0.05) is 0 Å². The molecular formula is C20H24N3O3S+. The summed E-state index contributed by atoms with van der Waals surface area (Å²) in [6, 6.07) is 15.1. The van der Waals surface area contributed by atoms with Crippen molar-refractivity contribution in [1.29, 1.82) is 0 Å². The second-order valence-corrected chi connectivity index (χ2v) is 7.44. The van der Waals surface area contributed by atoms with Crippen LogP contribution < -0.4 is 19.3 Å². The summed E-state index contributed by atoms with van der Waals surface area (Å²) >= 11 is 1.49. The fourth-order valence-corrected chi connectivity index (χ4v) is 3.57. The molecule has 0 aliphatic carbocycles. The highest BCUT2D eigenvalue weighted by Crippen LogP contribution is 2.31. The van der Waals surface area contributed by atoms with Crippen LogP contribution in [0.1, 0.15) is 0 Å². The van der Waals surface area contributed by atoms with Gasteiger partial charge in [-0.25, -0.2) is 4.98 Å². The number of methoxy groups -OCH3 is 1. The Morgan fingerprint density at radius 2 is 1.93 bits per heavy atom. The second kappa shape index (κ2) is 8.83. The Labute approximate surface area is 162 Å². The molecule has 0 bridgehead atoms. The number of rotatable bonds is 8. The molecule has 1 amide bonds. The first-order chi connectivity index (χ1) is 13.1. The SMILES string of the molecule is COc1ccc2nc(N(CC[NH+](C)C)C(=O)COc3ccccc3)sc2c1. The van der Waals surface area contributed by atoms with Gasteiger partial charge in [-0.1, -0.05) is 29.5 Å². The van der Waals surface area contributed by atoms with Crippen LogP contribution in [0.15, 0.2) is 48.5 Å². The predicted molar refractivity (Wildman–Crippen MR) is 108 cm³/mol. The van der Waals surface area contributed by atoms with E-state index in [1.54, 1.807) is 12.0 Å². The van der Waals surface area contributed by atoms with Gasteiger partial charge in [-0.2, -0.15) is 0 Å². The van der Waals surface area contributed by atoms with Crippen molar-refractivity contribution in [3.05, 3.63) is 48.5 Å². The van der Waals surface area contributed by atoms with Gasteiger partial charge in [-0.15, -0.1) is 0 Å². The van der Waals surface area contributed by atoms with Crippen molar-refractivity contribution in [2.45, 2.75) is 0 Å². The van der Waals surface area contributed by atoms with E-state index >= 15 is 0 Å². The van der Waals surface area contributed by atoms with Crippen LogP contribution in [-0.2, 0) is 4.79 Å². The van der Waals surface area contributed by atoms with Crippen LogP contribution in [0, 0.1) is 0 Å². The average Bonchev–Trinajstić information content (AvgIpc) is 3.09. The lowest BCUT2D eigenvalue weighted by atomic mass is 10.3. The van der Waals surface area contributed by atoms with E-state index in [1.165, 1.54) is 16.2 Å². The van der Waals surface area contributed by atoms with E-state index in [1.807, 2.05) is 48.5 Å². The molecule has 0 spiro atoms. The molecular weight excluding hydrogens is 362 g/mol. The van der Waals surface area contributed by atoms with Crippen molar-refractivity contribution >= 4 is 32.6 Å². The molecule has 142 valence electrons. The molecule has 0 saturated carbocycles. The normalized spacial score (nSPS) is 11.0. The Balaban J connectivity index is 1.80. The Bertz CT molecular complexity index is 896. The number of quaternary nitrogens is 1. The van der Waals surface area contributed by atoms with Crippen LogP contribution >= 0.6 is 11.3 Å². The average molecular weight is 386 g/mol. The molecule has 3 aromatic rings. The minimum absolute atomic E-state index is 0.0218. The third-order valence-electron chi connectivity index (χ3n) is 4.06. The number of nitrogens with zero attached hydrogens (tertiary/aromatic N) is 2. The van der Waals surface area contributed by atoms with E-state index in [2.05, 4.69) is 19.1 Å². The number of aromatic nitrogens is 1. The number of carbonyl (C=O) groups excluding carboxylic acids is 1. The highest BCUT2D eigenvalue weighted by Gasteiger charge is 2.21. The highest BCUT2D eigenvalue weighted by molar-refractivity contribution is 7.22. The molecule has 0 saturated heterocycles. The topological polar surface area (TPSA) is 56.1 Å². The number of nitrogens with one attached hydrogen (secondary N) is 1. The Morgan fingerprint density at radius 1 is 1.15 bits per heavy atom. The minimum atomic E-state index is -0.105. The van der Waals surface area contributed by atoms with Gasteiger partial charge in [0.05, 0.1) is 44.5 Å². The van der Waals surface area contributed by atoms with E-state index < -0.39 is 0 Å². The number of likely N-dealkylation sites (N-methyl/N-ethyl adjacent to an activating group) is 1. The van der Waals surface area contributed by atoms with Crippen molar-refractivity contribution in [3.63, 3.8) is 0 Å². The van der Waals surface area contributed by atoms with E-state index in [0.717, 1.165) is 22.5 Å². The minimum Gasteiger partial charge on any atom is -0.497 e. The van der Waals surface area contributed by atoms with Gasteiger partial charge in [-0.3, -0.25) is 9.69 Å². The summed E-state index contributed by atoms with van der Waals surface area (Å²) < 4.78 is 11.9. The van der Waals surface area contributed by atoms with Crippen LogP contribution in [0.4, 0.5) is 5.13 Å². The monoisotopic (exact) mass is 386 g/mol. The quantitative estimate of drug-likeness (QED) is 0.642. The van der Waals surface area contributed by atoms with Crippen LogP contribution in [-0.4, -0.2) is 51.8 Å². The summed E-state index contributed by atoms with van der Waals surface area (Å²) in [5.41, 5.74) is 0.856. The molecule has 1 aromatic heterocycles. The zero-order chi connectivity index (χ0) is 19.2. The third kappa shape index (κ3) is 4.96. The van der Waals surface area contributed by atoms with E-state index in [0.29, 0.717) is 17.4 Å². The molecule has 0 atom stereocenters. The molecule has 0 aliphatic heterocycles. The number of fused-ring (bicyclic) bond motifs is 1. The molecule has 6 nitrogen and oxygen atoms in total. The number of para-hydroxylation sites is 1. The van der Waals surface area contributed by atoms with E-state index in [9.17, 15) is 4.79 Å². The molecule has 0 radical (unpaired) electrons.